The van der Waals surface area contributed by atoms with E-state index in [0.29, 0.717) is 13.0 Å². The molecule has 0 saturated carbocycles. The second-order valence-electron chi connectivity index (χ2n) is 3.97. The van der Waals surface area contributed by atoms with Crippen LogP contribution in [0.25, 0.3) is 0 Å². The summed E-state index contributed by atoms with van der Waals surface area (Å²) in [5.74, 6) is -1.37. The number of imide groups is 1. The molecule has 84 valence electrons. The van der Waals surface area contributed by atoms with E-state index in [2.05, 4.69) is 4.98 Å². The molecular formula is C11H11FN2O2. The number of hydrogen-bond acceptors (Lipinski definition) is 3. The van der Waals surface area contributed by atoms with Crippen molar-refractivity contribution in [1.82, 2.24) is 9.88 Å². The Kier molecular flexibility index (Phi) is 2.68. The van der Waals surface area contributed by atoms with E-state index < -0.39 is 11.7 Å². The van der Waals surface area contributed by atoms with Crippen molar-refractivity contribution in [1.29, 1.82) is 0 Å². The molecule has 0 aliphatic carbocycles. The van der Waals surface area contributed by atoms with Gasteiger partial charge in [0.05, 0.1) is 11.8 Å². The lowest BCUT2D eigenvalue weighted by Gasteiger charge is -2.14. The maximum absolute atomic E-state index is 13.3. The molecule has 1 aromatic rings. The molecule has 2 amide bonds. The van der Waals surface area contributed by atoms with Gasteiger partial charge in [-0.2, -0.15) is 0 Å². The molecule has 5 heteroatoms. The fraction of sp³-hybridized carbons (Fsp3) is 0.364. The Morgan fingerprint density at radius 3 is 2.94 bits per heavy atom. The molecule has 2 rings (SSSR count). The molecule has 4 nitrogen and oxygen atoms in total. The second kappa shape index (κ2) is 4.00. The number of likely N-dealkylation sites (tertiary alicyclic amines) is 1. The van der Waals surface area contributed by atoms with Gasteiger partial charge < -0.3 is 0 Å². The predicted octanol–water partition coefficient (Wildman–Crippen LogP) is 1.23. The molecule has 0 aromatic carbocycles. The molecule has 2 heterocycles. The van der Waals surface area contributed by atoms with Gasteiger partial charge in [0, 0.05) is 19.2 Å². The van der Waals surface area contributed by atoms with Crippen molar-refractivity contribution in [3.63, 3.8) is 0 Å². The van der Waals surface area contributed by atoms with Crippen molar-refractivity contribution in [3.8, 4) is 0 Å². The lowest BCUT2D eigenvalue weighted by atomic mass is 10.2. The van der Waals surface area contributed by atoms with E-state index in [1.807, 2.05) is 6.92 Å². The molecule has 1 atom stereocenters. The van der Waals surface area contributed by atoms with E-state index in [4.69, 9.17) is 0 Å². The minimum Gasteiger partial charge on any atom is -0.278 e. The number of hydrogen-bond donors (Lipinski definition) is 0. The fourth-order valence-corrected chi connectivity index (χ4v) is 1.78. The molecule has 1 aromatic heterocycles. The highest BCUT2D eigenvalue weighted by Crippen LogP contribution is 2.20. The largest absolute Gasteiger partial charge is 0.278 e. The first-order valence-electron chi connectivity index (χ1n) is 5.04. The first-order valence-corrected chi connectivity index (χ1v) is 5.04. The van der Waals surface area contributed by atoms with Gasteiger partial charge in [0.25, 0.3) is 5.91 Å². The molecule has 0 radical (unpaired) electrons. The van der Waals surface area contributed by atoms with E-state index in [-0.39, 0.29) is 17.4 Å². The van der Waals surface area contributed by atoms with Crippen LogP contribution in [0, 0.1) is 11.7 Å². The molecule has 1 aliphatic rings. The Morgan fingerprint density at radius 2 is 2.38 bits per heavy atom. The number of aromatic nitrogens is 1. The van der Waals surface area contributed by atoms with Gasteiger partial charge in [-0.3, -0.25) is 19.5 Å². The van der Waals surface area contributed by atoms with E-state index in [0.717, 1.165) is 11.1 Å². The Morgan fingerprint density at radius 1 is 1.62 bits per heavy atom. The smallest absolute Gasteiger partial charge is 0.263 e. The monoisotopic (exact) mass is 222 g/mol. The van der Waals surface area contributed by atoms with Gasteiger partial charge in [0.1, 0.15) is 0 Å². The van der Waals surface area contributed by atoms with E-state index in [1.54, 1.807) is 0 Å². The standard InChI is InChI=1S/C11H11FN2O2/c1-7-4-10(15)14(6-7)11(16)8-2-3-13-5-9(8)12/h2-3,5,7H,4,6H2,1H3. The van der Waals surface area contributed by atoms with Crippen LogP contribution >= 0.6 is 0 Å². The Labute approximate surface area is 92.1 Å². The van der Waals surface area contributed by atoms with Crippen LogP contribution < -0.4 is 0 Å². The average molecular weight is 222 g/mol. The predicted molar refractivity (Wildman–Crippen MR) is 54.0 cm³/mol. The number of nitrogens with zero attached hydrogens (tertiary/aromatic N) is 2. The van der Waals surface area contributed by atoms with Gasteiger partial charge in [-0.25, -0.2) is 4.39 Å². The second-order valence-corrected chi connectivity index (χ2v) is 3.97. The zero-order valence-electron chi connectivity index (χ0n) is 8.81. The van der Waals surface area contributed by atoms with Crippen LogP contribution in [0.4, 0.5) is 4.39 Å². The minimum atomic E-state index is -0.695. The zero-order valence-corrected chi connectivity index (χ0v) is 8.81. The lowest BCUT2D eigenvalue weighted by Crippen LogP contribution is -2.32. The number of amides is 2. The fourth-order valence-electron chi connectivity index (χ4n) is 1.78. The average Bonchev–Trinajstić information content (AvgIpc) is 2.58. The maximum Gasteiger partial charge on any atom is 0.263 e. The number of rotatable bonds is 1. The number of carbonyl (C=O) groups is 2. The van der Waals surface area contributed by atoms with Gasteiger partial charge in [0.2, 0.25) is 5.91 Å². The Bertz CT molecular complexity index is 447. The highest BCUT2D eigenvalue weighted by atomic mass is 19.1. The minimum absolute atomic E-state index is 0.0996. The van der Waals surface area contributed by atoms with Crippen molar-refractivity contribution >= 4 is 11.8 Å². The molecular weight excluding hydrogens is 211 g/mol. The number of carbonyl (C=O) groups excluding carboxylic acids is 2. The number of halogens is 1. The van der Waals surface area contributed by atoms with E-state index in [9.17, 15) is 14.0 Å². The third kappa shape index (κ3) is 1.80. The van der Waals surface area contributed by atoms with E-state index >= 15 is 0 Å². The van der Waals surface area contributed by atoms with Gasteiger partial charge in [0.15, 0.2) is 5.82 Å². The van der Waals surface area contributed by atoms with Gasteiger partial charge in [-0.1, -0.05) is 6.92 Å². The highest BCUT2D eigenvalue weighted by molar-refractivity contribution is 6.05. The maximum atomic E-state index is 13.3. The van der Waals surface area contributed by atoms with Crippen molar-refractivity contribution in [3.05, 3.63) is 29.8 Å². The van der Waals surface area contributed by atoms with Crippen molar-refractivity contribution in [2.24, 2.45) is 5.92 Å². The summed E-state index contributed by atoms with van der Waals surface area (Å²) in [6.45, 7) is 2.24. The van der Waals surface area contributed by atoms with Crippen LogP contribution in [0.5, 0.6) is 0 Å². The van der Waals surface area contributed by atoms with Crippen LogP contribution in [0.15, 0.2) is 18.5 Å². The summed E-state index contributed by atoms with van der Waals surface area (Å²) in [7, 11) is 0. The summed E-state index contributed by atoms with van der Waals surface area (Å²) in [5, 5.41) is 0. The summed E-state index contributed by atoms with van der Waals surface area (Å²) >= 11 is 0. The van der Waals surface area contributed by atoms with Crippen molar-refractivity contribution < 1.29 is 14.0 Å². The summed E-state index contributed by atoms with van der Waals surface area (Å²) in [5.41, 5.74) is -0.0996. The quantitative estimate of drug-likeness (QED) is 0.671. The molecule has 1 fully saturated rings. The first-order chi connectivity index (χ1) is 7.59. The Hall–Kier alpha value is -1.78. The van der Waals surface area contributed by atoms with Crippen LogP contribution in [-0.4, -0.2) is 28.2 Å². The van der Waals surface area contributed by atoms with Crippen LogP contribution in [0.1, 0.15) is 23.7 Å². The Balaban J connectivity index is 2.27. The molecule has 1 aliphatic heterocycles. The third-order valence-corrected chi connectivity index (χ3v) is 2.57. The summed E-state index contributed by atoms with van der Waals surface area (Å²) in [6, 6.07) is 1.29. The molecule has 1 saturated heterocycles. The SMILES string of the molecule is CC1CC(=O)N(C(=O)c2ccncc2F)C1. The van der Waals surface area contributed by atoms with Gasteiger partial charge in [-0.15, -0.1) is 0 Å². The molecule has 1 unspecified atom stereocenters. The summed E-state index contributed by atoms with van der Waals surface area (Å²) in [6.07, 6.45) is 2.65. The van der Waals surface area contributed by atoms with Crippen molar-refractivity contribution in [2.75, 3.05) is 6.54 Å². The molecule has 0 bridgehead atoms. The van der Waals surface area contributed by atoms with Crippen LogP contribution in [0.2, 0.25) is 0 Å². The summed E-state index contributed by atoms with van der Waals surface area (Å²) < 4.78 is 13.3. The van der Waals surface area contributed by atoms with Gasteiger partial charge >= 0.3 is 0 Å². The number of pyridine rings is 1. The highest BCUT2D eigenvalue weighted by Gasteiger charge is 2.32. The van der Waals surface area contributed by atoms with Crippen LogP contribution in [0.3, 0.4) is 0 Å². The lowest BCUT2D eigenvalue weighted by molar-refractivity contribution is -0.125. The van der Waals surface area contributed by atoms with Crippen molar-refractivity contribution in [2.45, 2.75) is 13.3 Å². The third-order valence-electron chi connectivity index (χ3n) is 2.57. The zero-order chi connectivity index (χ0) is 11.7. The van der Waals surface area contributed by atoms with E-state index in [1.165, 1.54) is 12.3 Å². The molecule has 16 heavy (non-hydrogen) atoms. The summed E-state index contributed by atoms with van der Waals surface area (Å²) in [4.78, 5) is 28.0. The molecule has 0 N–H and O–H groups in total. The normalized spacial score (nSPS) is 20.2. The topological polar surface area (TPSA) is 50.3 Å². The molecule has 0 spiro atoms. The van der Waals surface area contributed by atoms with Crippen LogP contribution in [-0.2, 0) is 4.79 Å². The van der Waals surface area contributed by atoms with Gasteiger partial charge in [-0.05, 0) is 12.0 Å². The first kappa shape index (κ1) is 10.7.